The van der Waals surface area contributed by atoms with Gasteiger partial charge in [-0.05, 0) is 47.1 Å². The molecule has 0 aromatic heterocycles. The Morgan fingerprint density at radius 1 is 0.515 bits per heavy atom. The van der Waals surface area contributed by atoms with Gasteiger partial charge in [0.15, 0.2) is 0 Å². The van der Waals surface area contributed by atoms with Crippen LogP contribution in [0.5, 0.6) is 0 Å². The maximum Gasteiger partial charge on any atom is 0.0422 e. The average molecular weight is 431 g/mol. The third kappa shape index (κ3) is 6.47. The van der Waals surface area contributed by atoms with Gasteiger partial charge in [-0.15, -0.1) is 0 Å². The highest BCUT2D eigenvalue weighted by molar-refractivity contribution is 5.93. The van der Waals surface area contributed by atoms with Gasteiger partial charge in [0.25, 0.3) is 0 Å². The molecule has 0 amide bonds. The summed E-state index contributed by atoms with van der Waals surface area (Å²) in [6.07, 6.45) is 2.06. The van der Waals surface area contributed by atoms with Crippen LogP contribution in [0.15, 0.2) is 127 Å². The molecule has 0 spiro atoms. The lowest BCUT2D eigenvalue weighted by molar-refractivity contribution is 0.963. The molecule has 0 fully saturated rings. The predicted molar refractivity (Wildman–Crippen MR) is 142 cm³/mol. The van der Waals surface area contributed by atoms with Gasteiger partial charge in [0, 0.05) is 23.3 Å². The summed E-state index contributed by atoms with van der Waals surface area (Å²) in [5, 5.41) is 6.05. The maximum absolute atomic E-state index is 5.88. The molecule has 0 saturated carbocycles. The van der Waals surface area contributed by atoms with Crippen LogP contribution in [0.1, 0.15) is 16.7 Å². The van der Waals surface area contributed by atoms with Gasteiger partial charge in [0.1, 0.15) is 0 Å². The van der Waals surface area contributed by atoms with Gasteiger partial charge >= 0.3 is 0 Å². The van der Waals surface area contributed by atoms with Crippen molar-refractivity contribution in [2.24, 2.45) is 0 Å². The van der Waals surface area contributed by atoms with E-state index in [-0.39, 0.29) is 0 Å². The molecule has 33 heavy (non-hydrogen) atoms. The van der Waals surface area contributed by atoms with Crippen molar-refractivity contribution in [1.82, 2.24) is 0 Å². The van der Waals surface area contributed by atoms with E-state index in [1.54, 1.807) is 0 Å². The van der Waals surface area contributed by atoms with E-state index in [4.69, 9.17) is 5.73 Å². The van der Waals surface area contributed by atoms with Crippen LogP contribution in [-0.2, 0) is 19.4 Å². The molecule has 164 valence electrons. The second kappa shape index (κ2) is 11.5. The van der Waals surface area contributed by atoms with E-state index in [0.717, 1.165) is 25.1 Å². The average Bonchev–Trinajstić information content (AvgIpc) is 2.88. The summed E-state index contributed by atoms with van der Waals surface area (Å²) in [4.78, 5) is 0. The molecule has 5 rings (SSSR count). The normalized spacial score (nSPS) is 10.3. The predicted octanol–water partition coefficient (Wildman–Crippen LogP) is 7.51. The smallest absolute Gasteiger partial charge is 0.0422 e. The lowest BCUT2D eigenvalue weighted by atomic mass is 10.0. The third-order valence-electron chi connectivity index (χ3n) is 5.70. The monoisotopic (exact) mass is 430 g/mol. The van der Waals surface area contributed by atoms with E-state index in [0.29, 0.717) is 0 Å². The van der Waals surface area contributed by atoms with Gasteiger partial charge in [-0.25, -0.2) is 0 Å². The first-order valence-electron chi connectivity index (χ1n) is 11.4. The molecule has 0 bridgehead atoms. The Morgan fingerprint density at radius 3 is 1.88 bits per heavy atom. The van der Waals surface area contributed by atoms with Crippen LogP contribution in [-0.4, -0.2) is 0 Å². The second-order valence-corrected chi connectivity index (χ2v) is 8.05. The molecule has 0 radical (unpaired) electrons. The lowest BCUT2D eigenvalue weighted by Crippen LogP contribution is -1.99. The number of nitrogen functional groups attached to an aromatic ring is 1. The molecule has 5 aromatic rings. The van der Waals surface area contributed by atoms with E-state index in [9.17, 15) is 0 Å². The Bertz CT molecular complexity index is 1260. The molecule has 0 saturated heterocycles. The standard InChI is InChI=1S/C17H15N.C14H15N/c1-2-7-14(8-3-1)13-18-17-12-6-10-15-9-4-5-11-16(15)17;15-14-9-5-4-8-13(14)11-10-12-6-2-1-3-7-12/h1-12,18H,13H2;1-9H,10-11,15H2. The summed E-state index contributed by atoms with van der Waals surface area (Å²) in [5.41, 5.74) is 11.9. The van der Waals surface area contributed by atoms with E-state index >= 15 is 0 Å². The highest BCUT2D eigenvalue weighted by Gasteiger charge is 2.00. The number of rotatable bonds is 6. The van der Waals surface area contributed by atoms with Crippen LogP contribution < -0.4 is 11.1 Å². The minimum absolute atomic E-state index is 0.856. The number of benzene rings is 5. The summed E-state index contributed by atoms with van der Waals surface area (Å²) >= 11 is 0. The first-order chi connectivity index (χ1) is 16.3. The van der Waals surface area contributed by atoms with Crippen molar-refractivity contribution >= 4 is 22.1 Å². The van der Waals surface area contributed by atoms with Gasteiger partial charge in [0.05, 0.1) is 0 Å². The molecule has 0 aliphatic heterocycles. The molecule has 0 heterocycles. The number of nitrogens with one attached hydrogen (secondary N) is 1. The van der Waals surface area contributed by atoms with Crippen LogP contribution >= 0.6 is 0 Å². The number of fused-ring (bicyclic) bond motifs is 1. The fraction of sp³-hybridized carbons (Fsp3) is 0.0968. The van der Waals surface area contributed by atoms with Crippen molar-refractivity contribution in [2.45, 2.75) is 19.4 Å². The van der Waals surface area contributed by atoms with Crippen LogP contribution in [0, 0.1) is 0 Å². The highest BCUT2D eigenvalue weighted by Crippen LogP contribution is 2.23. The molecular weight excluding hydrogens is 400 g/mol. The molecule has 2 heteroatoms. The maximum atomic E-state index is 5.88. The van der Waals surface area contributed by atoms with Gasteiger partial charge < -0.3 is 11.1 Å². The van der Waals surface area contributed by atoms with Crippen molar-refractivity contribution in [3.8, 4) is 0 Å². The van der Waals surface area contributed by atoms with Crippen molar-refractivity contribution in [1.29, 1.82) is 0 Å². The SMILES string of the molecule is Nc1ccccc1CCc1ccccc1.c1ccc(CNc2cccc3ccccc23)cc1. The minimum Gasteiger partial charge on any atom is -0.399 e. The van der Waals surface area contributed by atoms with Crippen molar-refractivity contribution in [2.75, 3.05) is 11.1 Å². The Hall–Kier alpha value is -4.04. The zero-order valence-corrected chi connectivity index (χ0v) is 18.8. The second-order valence-electron chi connectivity index (χ2n) is 8.05. The molecule has 0 aliphatic rings. The molecule has 3 N–H and O–H groups in total. The fourth-order valence-corrected chi connectivity index (χ4v) is 3.86. The van der Waals surface area contributed by atoms with E-state index in [1.807, 2.05) is 30.3 Å². The summed E-state index contributed by atoms with van der Waals surface area (Å²) in [6, 6.07) is 43.8. The van der Waals surface area contributed by atoms with Crippen LogP contribution in [0.3, 0.4) is 0 Å². The largest absolute Gasteiger partial charge is 0.399 e. The zero-order chi connectivity index (χ0) is 22.7. The molecule has 2 nitrogen and oxygen atoms in total. The zero-order valence-electron chi connectivity index (χ0n) is 18.8. The van der Waals surface area contributed by atoms with Gasteiger partial charge in [0.2, 0.25) is 0 Å². The number of para-hydroxylation sites is 1. The Labute approximate surface area is 196 Å². The first-order valence-corrected chi connectivity index (χ1v) is 11.4. The lowest BCUT2D eigenvalue weighted by Gasteiger charge is -2.09. The summed E-state index contributed by atoms with van der Waals surface area (Å²) in [7, 11) is 0. The van der Waals surface area contributed by atoms with Crippen molar-refractivity contribution in [3.05, 3.63) is 144 Å². The van der Waals surface area contributed by atoms with Crippen molar-refractivity contribution < 1.29 is 0 Å². The van der Waals surface area contributed by atoms with E-state index < -0.39 is 0 Å². The number of hydrogen-bond acceptors (Lipinski definition) is 2. The third-order valence-corrected chi connectivity index (χ3v) is 5.70. The van der Waals surface area contributed by atoms with Crippen molar-refractivity contribution in [3.63, 3.8) is 0 Å². The minimum atomic E-state index is 0.856. The Balaban J connectivity index is 0.000000160. The summed E-state index contributed by atoms with van der Waals surface area (Å²) in [5.74, 6) is 0. The van der Waals surface area contributed by atoms with Crippen LogP contribution in [0.25, 0.3) is 10.8 Å². The van der Waals surface area contributed by atoms with E-state index in [1.165, 1.54) is 33.2 Å². The van der Waals surface area contributed by atoms with Gasteiger partial charge in [-0.2, -0.15) is 0 Å². The van der Waals surface area contributed by atoms with E-state index in [2.05, 4.69) is 102 Å². The van der Waals surface area contributed by atoms with Crippen LogP contribution in [0.2, 0.25) is 0 Å². The summed E-state index contributed by atoms with van der Waals surface area (Å²) < 4.78 is 0. The molecule has 0 aliphatic carbocycles. The number of anilines is 2. The fourth-order valence-electron chi connectivity index (χ4n) is 3.86. The summed E-state index contributed by atoms with van der Waals surface area (Å²) in [6.45, 7) is 0.856. The molecule has 0 unspecified atom stereocenters. The number of nitrogens with two attached hydrogens (primary N) is 1. The topological polar surface area (TPSA) is 38.0 Å². The Kier molecular flexibility index (Phi) is 7.75. The van der Waals surface area contributed by atoms with Gasteiger partial charge in [-0.3, -0.25) is 0 Å². The first kappa shape index (κ1) is 22.2. The molecule has 5 aromatic carbocycles. The Morgan fingerprint density at radius 2 is 1.12 bits per heavy atom. The molecule has 0 atom stereocenters. The van der Waals surface area contributed by atoms with Gasteiger partial charge in [-0.1, -0.05) is 115 Å². The highest BCUT2D eigenvalue weighted by atomic mass is 14.9. The molecular formula is C31H30N2. The quantitative estimate of drug-likeness (QED) is 0.274. The number of aryl methyl sites for hydroxylation is 2. The number of hydrogen-bond donors (Lipinski definition) is 2. The van der Waals surface area contributed by atoms with Crippen LogP contribution in [0.4, 0.5) is 11.4 Å².